The number of anilines is 1. The Morgan fingerprint density at radius 2 is 1.95 bits per heavy atom. The molecule has 1 fully saturated rings. The second kappa shape index (κ2) is 11.5. The Kier molecular flexibility index (Phi) is 7.70. The number of non-ortho nitro benzene ring substituents is 1. The number of carbonyl (C=O) groups excluding carboxylic acids is 3. The van der Waals surface area contributed by atoms with E-state index >= 15 is 0 Å². The number of ether oxygens (including phenoxy) is 1. The van der Waals surface area contributed by atoms with E-state index in [9.17, 15) is 24.5 Å². The zero-order valence-corrected chi connectivity index (χ0v) is 22.0. The molecular weight excluding hydrogens is 562 g/mol. The number of hydrogen-bond donors (Lipinski definition) is 2. The number of carbonyl (C=O) groups is 3. The van der Waals surface area contributed by atoms with Crippen molar-refractivity contribution in [2.45, 2.75) is 18.0 Å². The Morgan fingerprint density at radius 3 is 2.62 bits per heavy atom. The summed E-state index contributed by atoms with van der Waals surface area (Å²) >= 11 is 2.22. The van der Waals surface area contributed by atoms with Gasteiger partial charge in [0.15, 0.2) is 10.9 Å². The lowest BCUT2D eigenvalue weighted by Gasteiger charge is -2.48. The van der Waals surface area contributed by atoms with Crippen molar-refractivity contribution in [3.05, 3.63) is 87.9 Å². The maximum atomic E-state index is 13.2. The van der Waals surface area contributed by atoms with Crippen LogP contribution >= 0.6 is 23.3 Å². The predicted octanol–water partition coefficient (Wildman–Crippen LogP) is 1.84. The molecule has 16 heteroatoms. The fraction of sp³-hybridized carbons (Fsp3) is 0.167. The highest BCUT2D eigenvalue weighted by atomic mass is 32.2. The molecule has 3 aromatic rings. The van der Waals surface area contributed by atoms with Crippen LogP contribution < -0.4 is 15.9 Å². The van der Waals surface area contributed by atoms with E-state index in [-0.39, 0.29) is 34.7 Å². The third-order valence-corrected chi connectivity index (χ3v) is 7.44. The monoisotopic (exact) mass is 581 g/mol. The number of benzene rings is 2. The third kappa shape index (κ3) is 5.62. The fourth-order valence-corrected chi connectivity index (χ4v) is 5.40. The summed E-state index contributed by atoms with van der Waals surface area (Å²) in [7, 11) is 0. The normalized spacial score (nSPS) is 18.2. The van der Waals surface area contributed by atoms with Gasteiger partial charge in [-0.15, -0.1) is 11.8 Å². The first-order valence-electron chi connectivity index (χ1n) is 11.6. The topological polar surface area (TPSA) is 192 Å². The molecule has 3 heterocycles. The van der Waals surface area contributed by atoms with Crippen LogP contribution in [0.2, 0.25) is 0 Å². The van der Waals surface area contributed by atoms with Crippen LogP contribution in [-0.4, -0.2) is 59.8 Å². The van der Waals surface area contributed by atoms with Gasteiger partial charge in [-0.05, 0) is 35.9 Å². The molecule has 204 valence electrons. The molecule has 3 N–H and O–H groups in total. The van der Waals surface area contributed by atoms with Crippen molar-refractivity contribution >= 4 is 57.6 Å². The Morgan fingerprint density at radius 1 is 1.20 bits per heavy atom. The number of rotatable bonds is 9. The highest BCUT2D eigenvalue weighted by Crippen LogP contribution is 2.38. The van der Waals surface area contributed by atoms with Crippen LogP contribution in [0.4, 0.5) is 10.8 Å². The molecule has 0 radical (unpaired) electrons. The van der Waals surface area contributed by atoms with Gasteiger partial charge in [0.1, 0.15) is 23.7 Å². The molecule has 0 bridgehead atoms. The van der Waals surface area contributed by atoms with Crippen LogP contribution in [0.1, 0.15) is 11.4 Å². The number of amides is 2. The zero-order chi connectivity index (χ0) is 28.2. The number of nitro groups is 1. The molecule has 2 aliphatic rings. The zero-order valence-electron chi connectivity index (χ0n) is 20.3. The van der Waals surface area contributed by atoms with Gasteiger partial charge >= 0.3 is 5.97 Å². The highest BCUT2D eigenvalue weighted by Gasteiger charge is 2.53. The predicted molar refractivity (Wildman–Crippen MR) is 144 cm³/mol. The highest BCUT2D eigenvalue weighted by molar-refractivity contribution is 8.00. The van der Waals surface area contributed by atoms with Gasteiger partial charge in [-0.3, -0.25) is 24.6 Å². The number of nitrogens with zero attached hydrogens (tertiary/aromatic N) is 5. The van der Waals surface area contributed by atoms with Gasteiger partial charge in [-0.2, -0.15) is 9.36 Å². The van der Waals surface area contributed by atoms with E-state index in [1.54, 1.807) is 36.4 Å². The van der Waals surface area contributed by atoms with E-state index in [0.29, 0.717) is 17.1 Å². The van der Waals surface area contributed by atoms with Gasteiger partial charge in [-0.25, -0.2) is 4.79 Å². The van der Waals surface area contributed by atoms with Crippen LogP contribution in [0.3, 0.4) is 0 Å². The molecule has 0 aliphatic carbocycles. The number of nitrogens with two attached hydrogens (primary N) is 1. The number of fused-ring (bicyclic) bond motifs is 1. The van der Waals surface area contributed by atoms with Gasteiger partial charge in [-0.1, -0.05) is 23.4 Å². The Hall–Kier alpha value is -4.83. The quantitative estimate of drug-likeness (QED) is 0.123. The summed E-state index contributed by atoms with van der Waals surface area (Å²) in [6, 6.07) is 13.1. The molecule has 5 rings (SSSR count). The largest absolute Gasteiger partial charge is 0.456 e. The van der Waals surface area contributed by atoms with E-state index in [2.05, 4.69) is 19.8 Å². The summed E-state index contributed by atoms with van der Waals surface area (Å²) in [5.74, 6) is -1.31. The average molecular weight is 582 g/mol. The Balaban J connectivity index is 1.24. The van der Waals surface area contributed by atoms with Crippen molar-refractivity contribution in [3.8, 4) is 5.75 Å². The van der Waals surface area contributed by atoms with E-state index in [4.69, 9.17) is 15.3 Å². The number of para-hydroxylation sites is 1. The van der Waals surface area contributed by atoms with Crippen molar-refractivity contribution in [3.63, 3.8) is 0 Å². The number of nitrogens with one attached hydrogen (secondary N) is 1. The van der Waals surface area contributed by atoms with Crippen LogP contribution in [-0.2, 0) is 25.7 Å². The average Bonchev–Trinajstić information content (AvgIpc) is 3.40. The third-order valence-electron chi connectivity index (χ3n) is 5.71. The molecule has 1 saturated heterocycles. The number of esters is 1. The summed E-state index contributed by atoms with van der Waals surface area (Å²) in [6.07, 6.45) is 1.57. The number of hydrogen-bond acceptors (Lipinski definition) is 13. The van der Waals surface area contributed by atoms with Crippen molar-refractivity contribution < 1.29 is 28.9 Å². The number of nitro benzene ring substituents is 1. The molecule has 1 unspecified atom stereocenters. The summed E-state index contributed by atoms with van der Waals surface area (Å²) in [5, 5.41) is 16.9. The lowest BCUT2D eigenvalue weighted by Crippen LogP contribution is -2.70. The maximum absolute atomic E-state index is 13.2. The molecule has 2 amide bonds. The van der Waals surface area contributed by atoms with Gasteiger partial charge in [0.2, 0.25) is 11.5 Å². The van der Waals surface area contributed by atoms with E-state index in [0.717, 1.165) is 11.5 Å². The van der Waals surface area contributed by atoms with Gasteiger partial charge < -0.3 is 20.6 Å². The minimum atomic E-state index is -0.957. The van der Waals surface area contributed by atoms with Crippen LogP contribution in [0.5, 0.6) is 5.75 Å². The minimum Gasteiger partial charge on any atom is -0.456 e. The first-order chi connectivity index (χ1) is 19.3. The number of oxime groups is 1. The summed E-state index contributed by atoms with van der Waals surface area (Å²) in [4.78, 5) is 59.9. The van der Waals surface area contributed by atoms with E-state index in [1.165, 1.54) is 40.9 Å². The second-order valence-electron chi connectivity index (χ2n) is 8.27. The summed E-state index contributed by atoms with van der Waals surface area (Å²) < 4.78 is 9.35. The smallest absolute Gasteiger partial charge is 0.355 e. The molecule has 14 nitrogen and oxygen atoms in total. The summed E-state index contributed by atoms with van der Waals surface area (Å²) in [6.45, 7) is -0.140. The van der Waals surface area contributed by atoms with Crippen LogP contribution in [0.15, 0.2) is 71.5 Å². The van der Waals surface area contributed by atoms with E-state index in [1.807, 2.05) is 0 Å². The first kappa shape index (κ1) is 26.8. The van der Waals surface area contributed by atoms with Crippen LogP contribution in [0, 0.1) is 10.1 Å². The maximum Gasteiger partial charge on any atom is 0.355 e. The number of nitrogen functional groups attached to an aromatic ring is 1. The molecule has 2 aromatic carbocycles. The van der Waals surface area contributed by atoms with Gasteiger partial charge in [0.05, 0.1) is 4.92 Å². The van der Waals surface area contributed by atoms with E-state index < -0.39 is 34.1 Å². The molecule has 2 aliphatic heterocycles. The fourth-order valence-electron chi connectivity index (χ4n) is 3.77. The second-order valence-corrected chi connectivity index (χ2v) is 10.2. The van der Waals surface area contributed by atoms with Gasteiger partial charge in [0, 0.05) is 29.4 Å². The minimum absolute atomic E-state index is 0.0522. The van der Waals surface area contributed by atoms with Crippen molar-refractivity contribution in [2.24, 2.45) is 5.16 Å². The number of β-lactam (4-membered cyclic amide) rings is 1. The molecular formula is C24H19N7O7S2. The molecule has 0 saturated carbocycles. The van der Waals surface area contributed by atoms with Gasteiger partial charge in [0.25, 0.3) is 17.5 Å². The number of aromatic nitrogens is 2. The van der Waals surface area contributed by atoms with Crippen molar-refractivity contribution in [1.29, 1.82) is 0 Å². The molecule has 0 spiro atoms. The summed E-state index contributed by atoms with van der Waals surface area (Å²) in [5.41, 5.74) is 5.91. The molecule has 2 atom stereocenters. The Bertz CT molecular complexity index is 1530. The van der Waals surface area contributed by atoms with Crippen molar-refractivity contribution in [1.82, 2.24) is 19.6 Å². The number of thioether (sulfide) groups is 1. The Labute approximate surface area is 234 Å². The van der Waals surface area contributed by atoms with Crippen molar-refractivity contribution in [2.75, 3.05) is 11.5 Å². The molecule has 40 heavy (non-hydrogen) atoms. The lowest BCUT2D eigenvalue weighted by atomic mass is 10.0. The standard InChI is InChI=1S/C24H19N7O7S2/c25-24-27-19(29-40-24)17(28-38-15-4-2-1-3-5-15)20(32)26-18-21(33)30-16(10-11-39-22(18)30)23(34)37-12-13-6-8-14(9-7-13)31(35)36/h1-10,18,22H,11-12H2,(H,26,32)(H2,25,27,29)/t18?,22-/m0/s1. The first-order valence-corrected chi connectivity index (χ1v) is 13.4. The molecule has 1 aromatic heterocycles. The lowest BCUT2D eigenvalue weighted by molar-refractivity contribution is -0.384. The van der Waals surface area contributed by atoms with Crippen LogP contribution in [0.25, 0.3) is 0 Å². The SMILES string of the molecule is Nc1nc(C(=NOc2ccccc2)C(=O)NC2C(=O)N3C(C(=O)OCc4ccc([N+](=O)[O-])cc4)=CCS[C@@H]23)ns1.